The van der Waals surface area contributed by atoms with Crippen molar-refractivity contribution in [3.05, 3.63) is 54.1 Å². The summed E-state index contributed by atoms with van der Waals surface area (Å²) in [5.41, 5.74) is 1.50. The van der Waals surface area contributed by atoms with Crippen LogP contribution < -0.4 is 14.8 Å². The fourth-order valence-corrected chi connectivity index (χ4v) is 1.89. The van der Waals surface area contributed by atoms with E-state index in [1.807, 2.05) is 12.1 Å². The van der Waals surface area contributed by atoms with Crippen LogP contribution in [0.25, 0.3) is 0 Å². The van der Waals surface area contributed by atoms with Gasteiger partial charge in [0, 0.05) is 12.6 Å². The van der Waals surface area contributed by atoms with Gasteiger partial charge in [-0.15, -0.1) is 0 Å². The molecular formula is C17H17NO4. The molecule has 0 saturated carbocycles. The Morgan fingerprint density at radius 1 is 0.955 bits per heavy atom. The van der Waals surface area contributed by atoms with Crippen molar-refractivity contribution < 1.29 is 19.1 Å². The number of ether oxygens (including phenoxy) is 2. The Kier molecular flexibility index (Phi) is 5.14. The van der Waals surface area contributed by atoms with E-state index in [1.54, 1.807) is 43.5 Å². The van der Waals surface area contributed by atoms with E-state index in [1.165, 1.54) is 6.92 Å². The average Bonchev–Trinajstić information content (AvgIpc) is 2.49. The van der Waals surface area contributed by atoms with Crippen LogP contribution in [0.4, 0.5) is 5.69 Å². The maximum Gasteiger partial charge on any atom is 0.315 e. The first-order valence-electron chi connectivity index (χ1n) is 6.78. The summed E-state index contributed by atoms with van der Waals surface area (Å²) in [4.78, 5) is 22.8. The third kappa shape index (κ3) is 4.63. The van der Waals surface area contributed by atoms with Gasteiger partial charge in [-0.3, -0.25) is 9.59 Å². The molecule has 0 aliphatic rings. The number of esters is 1. The molecule has 1 amide bonds. The van der Waals surface area contributed by atoms with E-state index in [4.69, 9.17) is 9.47 Å². The molecule has 5 nitrogen and oxygen atoms in total. The van der Waals surface area contributed by atoms with Gasteiger partial charge in [-0.2, -0.15) is 0 Å². The molecule has 0 bridgehead atoms. The molecule has 0 aliphatic carbocycles. The molecule has 0 radical (unpaired) electrons. The van der Waals surface area contributed by atoms with Crippen molar-refractivity contribution in [3.63, 3.8) is 0 Å². The van der Waals surface area contributed by atoms with Gasteiger partial charge in [0.05, 0.1) is 13.5 Å². The number of hydrogen-bond acceptors (Lipinski definition) is 4. The summed E-state index contributed by atoms with van der Waals surface area (Å²) >= 11 is 0. The number of carbonyl (C=O) groups is 2. The molecule has 0 saturated heterocycles. The third-order valence-electron chi connectivity index (χ3n) is 2.91. The summed E-state index contributed by atoms with van der Waals surface area (Å²) < 4.78 is 10.3. The highest BCUT2D eigenvalue weighted by molar-refractivity contribution is 5.88. The first-order valence-corrected chi connectivity index (χ1v) is 6.78. The summed E-state index contributed by atoms with van der Waals surface area (Å²) in [5, 5.41) is 2.64. The van der Waals surface area contributed by atoms with Gasteiger partial charge < -0.3 is 14.8 Å². The van der Waals surface area contributed by atoms with Crippen LogP contribution in [-0.2, 0) is 16.0 Å². The molecule has 1 N–H and O–H groups in total. The summed E-state index contributed by atoms with van der Waals surface area (Å²) in [6.07, 6.45) is 0.178. The molecule has 2 rings (SSSR count). The highest BCUT2D eigenvalue weighted by Crippen LogP contribution is 2.17. The number of methoxy groups -OCH3 is 1. The lowest BCUT2D eigenvalue weighted by Crippen LogP contribution is -2.11. The van der Waals surface area contributed by atoms with Gasteiger partial charge in [-0.1, -0.05) is 12.1 Å². The zero-order valence-corrected chi connectivity index (χ0v) is 12.5. The van der Waals surface area contributed by atoms with Crippen LogP contribution in [-0.4, -0.2) is 19.0 Å². The minimum atomic E-state index is -0.350. The number of amides is 1. The Morgan fingerprint density at radius 2 is 1.55 bits per heavy atom. The molecule has 0 fully saturated rings. The van der Waals surface area contributed by atoms with Crippen LogP contribution in [0.15, 0.2) is 48.5 Å². The molecule has 5 heteroatoms. The lowest BCUT2D eigenvalue weighted by Gasteiger charge is -2.07. The van der Waals surface area contributed by atoms with Crippen molar-refractivity contribution in [1.29, 1.82) is 0 Å². The zero-order chi connectivity index (χ0) is 15.9. The molecule has 0 unspecified atom stereocenters. The third-order valence-corrected chi connectivity index (χ3v) is 2.91. The van der Waals surface area contributed by atoms with Gasteiger partial charge in [0.1, 0.15) is 11.5 Å². The van der Waals surface area contributed by atoms with E-state index in [0.29, 0.717) is 11.4 Å². The molecule has 0 atom stereocenters. The van der Waals surface area contributed by atoms with Gasteiger partial charge >= 0.3 is 5.97 Å². The Balaban J connectivity index is 1.92. The quantitative estimate of drug-likeness (QED) is 0.681. The van der Waals surface area contributed by atoms with Crippen molar-refractivity contribution in [2.24, 2.45) is 0 Å². The fourth-order valence-electron chi connectivity index (χ4n) is 1.89. The van der Waals surface area contributed by atoms with Crippen LogP contribution in [0.2, 0.25) is 0 Å². The Hall–Kier alpha value is -2.82. The van der Waals surface area contributed by atoms with E-state index >= 15 is 0 Å². The SMILES string of the molecule is COc1ccc(CC(=O)Oc2ccc(NC(C)=O)cc2)cc1. The smallest absolute Gasteiger partial charge is 0.315 e. The van der Waals surface area contributed by atoms with Crippen molar-refractivity contribution in [1.82, 2.24) is 0 Å². The minimum absolute atomic E-state index is 0.149. The first-order chi connectivity index (χ1) is 10.6. The van der Waals surface area contributed by atoms with Crippen LogP contribution in [0.5, 0.6) is 11.5 Å². The van der Waals surface area contributed by atoms with E-state index in [9.17, 15) is 9.59 Å². The summed E-state index contributed by atoms with van der Waals surface area (Å²) in [5.74, 6) is 0.681. The summed E-state index contributed by atoms with van der Waals surface area (Å²) in [7, 11) is 1.59. The number of benzene rings is 2. The van der Waals surface area contributed by atoms with Crippen molar-refractivity contribution in [2.75, 3.05) is 12.4 Å². The van der Waals surface area contributed by atoms with Gasteiger partial charge in [-0.25, -0.2) is 0 Å². The monoisotopic (exact) mass is 299 g/mol. The molecule has 22 heavy (non-hydrogen) atoms. The van der Waals surface area contributed by atoms with E-state index in [0.717, 1.165) is 11.3 Å². The Labute approximate surface area is 128 Å². The van der Waals surface area contributed by atoms with Crippen LogP contribution in [0.3, 0.4) is 0 Å². The zero-order valence-electron chi connectivity index (χ0n) is 12.5. The number of anilines is 1. The summed E-state index contributed by atoms with van der Waals surface area (Å²) in [6, 6.07) is 13.9. The van der Waals surface area contributed by atoms with Crippen molar-refractivity contribution >= 4 is 17.6 Å². The van der Waals surface area contributed by atoms with Crippen LogP contribution in [0, 0.1) is 0 Å². The molecule has 0 spiro atoms. The lowest BCUT2D eigenvalue weighted by atomic mass is 10.1. The van der Waals surface area contributed by atoms with E-state index in [2.05, 4.69) is 5.32 Å². The van der Waals surface area contributed by atoms with E-state index in [-0.39, 0.29) is 18.3 Å². The topological polar surface area (TPSA) is 64.6 Å². The number of rotatable bonds is 5. The Bertz CT molecular complexity index is 647. The van der Waals surface area contributed by atoms with Crippen LogP contribution >= 0.6 is 0 Å². The molecule has 114 valence electrons. The molecule has 0 aliphatic heterocycles. The predicted octanol–water partition coefficient (Wildman–Crippen LogP) is 2.80. The molecule has 2 aromatic carbocycles. The molecule has 0 heterocycles. The van der Waals surface area contributed by atoms with Crippen LogP contribution in [0.1, 0.15) is 12.5 Å². The highest BCUT2D eigenvalue weighted by Gasteiger charge is 2.07. The lowest BCUT2D eigenvalue weighted by molar-refractivity contribution is -0.133. The maximum atomic E-state index is 11.9. The second-order valence-corrected chi connectivity index (χ2v) is 4.70. The van der Waals surface area contributed by atoms with Gasteiger partial charge in [0.15, 0.2) is 0 Å². The van der Waals surface area contributed by atoms with Crippen molar-refractivity contribution in [2.45, 2.75) is 13.3 Å². The second kappa shape index (κ2) is 7.26. The standard InChI is InChI=1S/C17H17NO4/c1-12(19)18-14-5-9-16(10-6-14)22-17(20)11-13-3-7-15(21-2)8-4-13/h3-10H,11H2,1-2H3,(H,18,19). The minimum Gasteiger partial charge on any atom is -0.497 e. The second-order valence-electron chi connectivity index (χ2n) is 4.70. The number of nitrogens with one attached hydrogen (secondary N) is 1. The molecule has 2 aromatic rings. The molecule has 0 aromatic heterocycles. The Morgan fingerprint density at radius 3 is 2.09 bits per heavy atom. The molecular weight excluding hydrogens is 282 g/mol. The summed E-state index contributed by atoms with van der Waals surface area (Å²) in [6.45, 7) is 1.43. The van der Waals surface area contributed by atoms with E-state index < -0.39 is 0 Å². The van der Waals surface area contributed by atoms with Gasteiger partial charge in [0.25, 0.3) is 0 Å². The largest absolute Gasteiger partial charge is 0.497 e. The number of hydrogen-bond donors (Lipinski definition) is 1. The predicted molar refractivity (Wildman–Crippen MR) is 83.1 cm³/mol. The fraction of sp³-hybridized carbons (Fsp3) is 0.176. The van der Waals surface area contributed by atoms with Crippen molar-refractivity contribution in [3.8, 4) is 11.5 Å². The first kappa shape index (κ1) is 15.6. The van der Waals surface area contributed by atoms with Gasteiger partial charge in [-0.05, 0) is 42.0 Å². The highest BCUT2D eigenvalue weighted by atomic mass is 16.5. The van der Waals surface area contributed by atoms with Gasteiger partial charge in [0.2, 0.25) is 5.91 Å². The maximum absolute atomic E-state index is 11.9. The normalized spacial score (nSPS) is 9.91. The number of carbonyl (C=O) groups excluding carboxylic acids is 2. The average molecular weight is 299 g/mol.